The molecule has 0 spiro atoms. The van der Waals surface area contributed by atoms with E-state index in [-0.39, 0.29) is 17.1 Å². The molecule has 0 fully saturated rings. The Kier molecular flexibility index (Phi) is 5.04. The zero-order valence-corrected chi connectivity index (χ0v) is 16.0. The number of thioether (sulfide) groups is 1. The molecule has 0 atom stereocenters. The molecule has 0 N–H and O–H groups in total. The van der Waals surface area contributed by atoms with Crippen LogP contribution in [0.15, 0.2) is 82.9 Å². The van der Waals surface area contributed by atoms with E-state index in [1.165, 1.54) is 16.3 Å². The molecule has 0 unspecified atom stereocenters. The van der Waals surface area contributed by atoms with Gasteiger partial charge in [-0.05, 0) is 36.8 Å². The van der Waals surface area contributed by atoms with Gasteiger partial charge in [-0.3, -0.25) is 9.59 Å². The number of hydrogen-bond donors (Lipinski definition) is 0. The first-order valence-electron chi connectivity index (χ1n) is 8.79. The lowest BCUT2D eigenvalue weighted by atomic mass is 10.2. The number of aromatic nitrogens is 3. The summed E-state index contributed by atoms with van der Waals surface area (Å²) >= 11 is 1.24. The number of aryl methyl sites for hydroxylation is 1. The largest absolute Gasteiger partial charge is 0.293 e. The predicted octanol–water partition coefficient (Wildman–Crippen LogP) is 4.06. The fourth-order valence-electron chi connectivity index (χ4n) is 2.89. The molecule has 0 saturated carbocycles. The van der Waals surface area contributed by atoms with Gasteiger partial charge in [-0.15, -0.1) is 0 Å². The molecular weight excluding hydrogens is 370 g/mol. The number of fused-ring (bicyclic) bond motifs is 1. The van der Waals surface area contributed by atoms with Gasteiger partial charge in [-0.25, -0.2) is 14.5 Å². The highest BCUT2D eigenvalue weighted by atomic mass is 32.2. The van der Waals surface area contributed by atoms with Crippen molar-refractivity contribution in [1.82, 2.24) is 14.5 Å². The van der Waals surface area contributed by atoms with Gasteiger partial charge in [-0.2, -0.15) is 0 Å². The maximum atomic E-state index is 13.2. The molecule has 4 rings (SSSR count). The fourth-order valence-corrected chi connectivity index (χ4v) is 3.79. The lowest BCUT2D eigenvalue weighted by Crippen LogP contribution is -2.23. The average molecular weight is 387 g/mol. The molecule has 5 nitrogen and oxygen atoms in total. The van der Waals surface area contributed by atoms with Crippen LogP contribution in [-0.4, -0.2) is 26.1 Å². The molecule has 2 heterocycles. The van der Waals surface area contributed by atoms with E-state index in [2.05, 4.69) is 9.97 Å². The van der Waals surface area contributed by atoms with E-state index in [1.807, 2.05) is 49.4 Å². The Labute approximate surface area is 166 Å². The first kappa shape index (κ1) is 18.1. The Bertz CT molecular complexity index is 1220. The van der Waals surface area contributed by atoms with Crippen LogP contribution in [0.1, 0.15) is 15.9 Å². The molecule has 6 heteroatoms. The molecule has 0 saturated heterocycles. The monoisotopic (exact) mass is 387 g/mol. The van der Waals surface area contributed by atoms with Gasteiger partial charge in [0.05, 0.1) is 16.7 Å². The van der Waals surface area contributed by atoms with Crippen LogP contribution >= 0.6 is 11.8 Å². The Hall–Kier alpha value is -3.25. The van der Waals surface area contributed by atoms with E-state index in [9.17, 15) is 9.59 Å². The summed E-state index contributed by atoms with van der Waals surface area (Å²) < 4.78 is 1.48. The van der Waals surface area contributed by atoms with E-state index in [1.54, 1.807) is 30.5 Å². The van der Waals surface area contributed by atoms with Gasteiger partial charge in [-0.1, -0.05) is 54.2 Å². The van der Waals surface area contributed by atoms with Crippen molar-refractivity contribution >= 4 is 28.4 Å². The molecule has 28 heavy (non-hydrogen) atoms. The standard InChI is InChI=1S/C22H17N3O2S/c1-15-11-12-23-20(13-15)25-21(27)17-9-5-6-10-18(17)24-22(25)28-14-19(26)16-7-3-2-4-8-16/h2-13H,14H2,1H3. The minimum atomic E-state index is -0.196. The molecule has 4 aromatic rings. The van der Waals surface area contributed by atoms with E-state index in [0.29, 0.717) is 27.4 Å². The maximum absolute atomic E-state index is 13.2. The third-order valence-corrected chi connectivity index (χ3v) is 5.24. The highest BCUT2D eigenvalue weighted by molar-refractivity contribution is 7.99. The number of Topliss-reactive ketones (excluding diaryl/α,β-unsaturated/α-hetero) is 1. The SMILES string of the molecule is Cc1ccnc(-n2c(SCC(=O)c3ccccc3)nc3ccccc3c2=O)c1. The summed E-state index contributed by atoms with van der Waals surface area (Å²) in [5.74, 6) is 0.662. The van der Waals surface area contributed by atoms with Crippen LogP contribution in [0.2, 0.25) is 0 Å². The van der Waals surface area contributed by atoms with Gasteiger partial charge >= 0.3 is 0 Å². The highest BCUT2D eigenvalue weighted by Crippen LogP contribution is 2.22. The number of nitrogens with zero attached hydrogens (tertiary/aromatic N) is 3. The van der Waals surface area contributed by atoms with E-state index >= 15 is 0 Å². The molecule has 0 amide bonds. The number of carbonyl (C=O) groups excluding carboxylic acids is 1. The second-order valence-electron chi connectivity index (χ2n) is 6.32. The van der Waals surface area contributed by atoms with E-state index in [0.717, 1.165) is 5.56 Å². The zero-order chi connectivity index (χ0) is 19.5. The summed E-state index contributed by atoms with van der Waals surface area (Å²) in [6.07, 6.45) is 1.66. The first-order chi connectivity index (χ1) is 13.6. The number of ketones is 1. The van der Waals surface area contributed by atoms with Crippen molar-refractivity contribution in [2.24, 2.45) is 0 Å². The Balaban J connectivity index is 1.79. The molecular formula is C22H17N3O2S. The zero-order valence-electron chi connectivity index (χ0n) is 15.2. The fraction of sp³-hybridized carbons (Fsp3) is 0.0909. The number of rotatable bonds is 5. The van der Waals surface area contributed by atoms with Crippen molar-refractivity contribution in [3.63, 3.8) is 0 Å². The summed E-state index contributed by atoms with van der Waals surface area (Å²) in [6.45, 7) is 1.94. The van der Waals surface area contributed by atoms with Crippen molar-refractivity contribution in [3.05, 3.63) is 94.4 Å². The van der Waals surface area contributed by atoms with Gasteiger partial charge in [0.15, 0.2) is 10.9 Å². The van der Waals surface area contributed by atoms with Gasteiger partial charge in [0.2, 0.25) is 0 Å². The molecule has 138 valence electrons. The number of pyridine rings is 1. The molecule has 0 aliphatic heterocycles. The Morgan fingerprint density at radius 3 is 2.57 bits per heavy atom. The van der Waals surface area contributed by atoms with Crippen molar-refractivity contribution in [3.8, 4) is 5.82 Å². The third-order valence-electron chi connectivity index (χ3n) is 4.30. The number of benzene rings is 2. The molecule has 0 aliphatic carbocycles. The molecule has 2 aromatic heterocycles. The van der Waals surface area contributed by atoms with Crippen LogP contribution in [0, 0.1) is 6.92 Å². The number of carbonyl (C=O) groups is 1. The summed E-state index contributed by atoms with van der Waals surface area (Å²) in [6, 6.07) is 20.0. The number of hydrogen-bond acceptors (Lipinski definition) is 5. The van der Waals surface area contributed by atoms with Gasteiger partial charge in [0.25, 0.3) is 5.56 Å². The number of para-hydroxylation sites is 1. The lowest BCUT2D eigenvalue weighted by molar-refractivity contribution is 0.102. The quantitative estimate of drug-likeness (QED) is 0.293. The smallest absolute Gasteiger partial charge is 0.267 e. The van der Waals surface area contributed by atoms with E-state index < -0.39 is 0 Å². The highest BCUT2D eigenvalue weighted by Gasteiger charge is 2.16. The molecule has 2 aromatic carbocycles. The van der Waals surface area contributed by atoms with Crippen LogP contribution in [0.3, 0.4) is 0 Å². The lowest BCUT2D eigenvalue weighted by Gasteiger charge is -2.12. The third kappa shape index (κ3) is 3.59. The van der Waals surface area contributed by atoms with Crippen molar-refractivity contribution in [1.29, 1.82) is 0 Å². The average Bonchev–Trinajstić information content (AvgIpc) is 2.73. The minimum Gasteiger partial charge on any atom is -0.293 e. The van der Waals surface area contributed by atoms with Crippen LogP contribution in [-0.2, 0) is 0 Å². The van der Waals surface area contributed by atoms with Crippen molar-refractivity contribution in [2.75, 3.05) is 5.75 Å². The summed E-state index contributed by atoms with van der Waals surface area (Å²) in [5.41, 5.74) is 2.03. The minimum absolute atomic E-state index is 0.0169. The van der Waals surface area contributed by atoms with Gasteiger partial charge in [0, 0.05) is 11.8 Å². The predicted molar refractivity (Wildman–Crippen MR) is 111 cm³/mol. The van der Waals surface area contributed by atoms with Crippen LogP contribution < -0.4 is 5.56 Å². The normalized spacial score (nSPS) is 10.9. The maximum Gasteiger partial charge on any atom is 0.267 e. The topological polar surface area (TPSA) is 64.8 Å². The van der Waals surface area contributed by atoms with Crippen LogP contribution in [0.4, 0.5) is 0 Å². The van der Waals surface area contributed by atoms with Crippen molar-refractivity contribution < 1.29 is 4.79 Å². The molecule has 0 radical (unpaired) electrons. The first-order valence-corrected chi connectivity index (χ1v) is 9.78. The molecule has 0 aliphatic rings. The summed E-state index contributed by atoms with van der Waals surface area (Å²) in [7, 11) is 0. The van der Waals surface area contributed by atoms with Crippen molar-refractivity contribution in [2.45, 2.75) is 12.1 Å². The second kappa shape index (κ2) is 7.78. The Morgan fingerprint density at radius 1 is 1.04 bits per heavy atom. The van der Waals surface area contributed by atoms with Gasteiger partial charge in [0.1, 0.15) is 5.82 Å². The van der Waals surface area contributed by atoms with Crippen LogP contribution in [0.5, 0.6) is 0 Å². The van der Waals surface area contributed by atoms with E-state index in [4.69, 9.17) is 0 Å². The van der Waals surface area contributed by atoms with Gasteiger partial charge < -0.3 is 0 Å². The Morgan fingerprint density at radius 2 is 1.79 bits per heavy atom. The second-order valence-corrected chi connectivity index (χ2v) is 7.26. The molecule has 0 bridgehead atoms. The summed E-state index contributed by atoms with van der Waals surface area (Å²) in [5, 5.41) is 0.968. The summed E-state index contributed by atoms with van der Waals surface area (Å²) in [4.78, 5) is 34.7. The van der Waals surface area contributed by atoms with Crippen LogP contribution in [0.25, 0.3) is 16.7 Å².